The highest BCUT2D eigenvalue weighted by molar-refractivity contribution is 5.83. The van der Waals surface area contributed by atoms with Crippen LogP contribution in [0.3, 0.4) is 0 Å². The molecule has 1 amide bonds. The largest absolute Gasteiger partial charge is 0.346 e. The number of amides is 1. The van der Waals surface area contributed by atoms with Crippen molar-refractivity contribution in [1.29, 1.82) is 0 Å². The third-order valence-corrected chi connectivity index (χ3v) is 4.39. The lowest BCUT2D eigenvalue weighted by molar-refractivity contribution is -0.134. The van der Waals surface area contributed by atoms with Crippen molar-refractivity contribution < 1.29 is 4.79 Å². The fourth-order valence-corrected chi connectivity index (χ4v) is 3.39. The summed E-state index contributed by atoms with van der Waals surface area (Å²) in [4.78, 5) is 15.0. The van der Waals surface area contributed by atoms with Crippen LogP contribution in [0.25, 0.3) is 0 Å². The Morgan fingerprint density at radius 3 is 2.62 bits per heavy atom. The number of aryl methyl sites for hydroxylation is 1. The van der Waals surface area contributed by atoms with Crippen molar-refractivity contribution in [2.75, 3.05) is 20.6 Å². The van der Waals surface area contributed by atoms with E-state index in [4.69, 9.17) is 0 Å². The second-order valence-electron chi connectivity index (χ2n) is 6.57. The second kappa shape index (κ2) is 6.56. The highest BCUT2D eigenvalue weighted by Crippen LogP contribution is 2.37. The molecule has 21 heavy (non-hydrogen) atoms. The van der Waals surface area contributed by atoms with Crippen molar-refractivity contribution in [2.24, 2.45) is 12.5 Å². The molecule has 1 aliphatic rings. The van der Waals surface area contributed by atoms with Crippen LogP contribution in [0.2, 0.25) is 0 Å². The molecule has 0 spiro atoms. The minimum absolute atomic E-state index is 0.119. The molecule has 6 nitrogen and oxygen atoms in total. The highest BCUT2D eigenvalue weighted by Gasteiger charge is 2.40. The van der Waals surface area contributed by atoms with Gasteiger partial charge in [0.05, 0.1) is 11.5 Å². The predicted octanol–water partition coefficient (Wildman–Crippen LogP) is 1.50. The van der Waals surface area contributed by atoms with E-state index in [0.29, 0.717) is 0 Å². The maximum Gasteiger partial charge on any atom is 0.228 e. The van der Waals surface area contributed by atoms with E-state index in [-0.39, 0.29) is 17.4 Å². The zero-order chi connectivity index (χ0) is 15.5. The van der Waals surface area contributed by atoms with Gasteiger partial charge in [-0.2, -0.15) is 0 Å². The van der Waals surface area contributed by atoms with Crippen LogP contribution in [0.15, 0.2) is 6.33 Å². The molecule has 1 aromatic rings. The van der Waals surface area contributed by atoms with Crippen LogP contribution >= 0.6 is 0 Å². The first-order valence-corrected chi connectivity index (χ1v) is 7.74. The van der Waals surface area contributed by atoms with E-state index < -0.39 is 0 Å². The SMILES string of the molecule is CC(NC(=O)C1(CN(C)C)CCCCC1)c1nncn1C. The Morgan fingerprint density at radius 2 is 2.10 bits per heavy atom. The van der Waals surface area contributed by atoms with Crippen molar-refractivity contribution in [1.82, 2.24) is 25.0 Å². The van der Waals surface area contributed by atoms with E-state index in [1.54, 1.807) is 6.33 Å². The standard InChI is InChI=1S/C15H27N5O/c1-12(13-18-16-11-20(13)4)17-14(21)15(10-19(2)3)8-6-5-7-9-15/h11-12H,5-10H2,1-4H3,(H,17,21). The van der Waals surface area contributed by atoms with Gasteiger partial charge < -0.3 is 14.8 Å². The van der Waals surface area contributed by atoms with E-state index >= 15 is 0 Å². The number of nitrogens with one attached hydrogen (secondary N) is 1. The predicted molar refractivity (Wildman–Crippen MR) is 81.6 cm³/mol. The molecule has 0 radical (unpaired) electrons. The Balaban J connectivity index is 2.09. The van der Waals surface area contributed by atoms with Gasteiger partial charge >= 0.3 is 0 Å². The molecule has 0 bridgehead atoms. The molecule has 1 N–H and O–H groups in total. The fraction of sp³-hybridized carbons (Fsp3) is 0.800. The summed E-state index contributed by atoms with van der Waals surface area (Å²) in [6, 6.07) is -0.119. The molecule has 6 heteroatoms. The first-order valence-electron chi connectivity index (χ1n) is 7.74. The molecule has 118 valence electrons. The van der Waals surface area contributed by atoms with E-state index in [1.807, 2.05) is 32.6 Å². The molecule has 1 aromatic heterocycles. The van der Waals surface area contributed by atoms with Crippen LogP contribution in [-0.4, -0.2) is 46.2 Å². The van der Waals surface area contributed by atoms with E-state index in [0.717, 1.165) is 38.1 Å². The van der Waals surface area contributed by atoms with Crippen LogP contribution in [-0.2, 0) is 11.8 Å². The topological polar surface area (TPSA) is 63.1 Å². The first-order chi connectivity index (χ1) is 9.94. The maximum absolute atomic E-state index is 12.9. The zero-order valence-corrected chi connectivity index (χ0v) is 13.6. The second-order valence-corrected chi connectivity index (χ2v) is 6.57. The van der Waals surface area contributed by atoms with Gasteiger partial charge in [0.15, 0.2) is 5.82 Å². The summed E-state index contributed by atoms with van der Waals surface area (Å²) in [6.07, 6.45) is 7.12. The minimum atomic E-state index is -0.255. The number of hydrogen-bond acceptors (Lipinski definition) is 4. The van der Waals surface area contributed by atoms with Gasteiger partial charge in [0.2, 0.25) is 5.91 Å². The third-order valence-electron chi connectivity index (χ3n) is 4.39. The van der Waals surface area contributed by atoms with Gasteiger partial charge in [-0.05, 0) is 33.9 Å². The average Bonchev–Trinajstić information content (AvgIpc) is 2.85. The number of hydrogen-bond donors (Lipinski definition) is 1. The zero-order valence-electron chi connectivity index (χ0n) is 13.6. The summed E-state index contributed by atoms with van der Waals surface area (Å²) in [5.74, 6) is 0.950. The van der Waals surface area contributed by atoms with Crippen molar-refractivity contribution in [3.8, 4) is 0 Å². The van der Waals surface area contributed by atoms with Crippen molar-refractivity contribution >= 4 is 5.91 Å². The summed E-state index contributed by atoms with van der Waals surface area (Å²) >= 11 is 0. The number of carbonyl (C=O) groups is 1. The molecule has 1 heterocycles. The van der Waals surface area contributed by atoms with Crippen LogP contribution in [0.4, 0.5) is 0 Å². The summed E-state index contributed by atoms with van der Waals surface area (Å²) in [7, 11) is 5.97. The lowest BCUT2D eigenvalue weighted by Crippen LogP contribution is -2.49. The maximum atomic E-state index is 12.9. The molecular formula is C15H27N5O. The molecule has 1 fully saturated rings. The molecule has 1 atom stereocenters. The number of carbonyl (C=O) groups excluding carboxylic acids is 1. The van der Waals surface area contributed by atoms with Crippen LogP contribution in [0.5, 0.6) is 0 Å². The summed E-state index contributed by atoms with van der Waals surface area (Å²) in [5, 5.41) is 11.1. The van der Waals surface area contributed by atoms with E-state index in [2.05, 4.69) is 20.4 Å². The van der Waals surface area contributed by atoms with Gasteiger partial charge in [0.25, 0.3) is 0 Å². The van der Waals surface area contributed by atoms with E-state index in [1.165, 1.54) is 6.42 Å². The minimum Gasteiger partial charge on any atom is -0.346 e. The van der Waals surface area contributed by atoms with Gasteiger partial charge in [-0.3, -0.25) is 4.79 Å². The Bertz CT molecular complexity index is 476. The summed E-state index contributed by atoms with van der Waals surface area (Å²) in [5.41, 5.74) is -0.255. The van der Waals surface area contributed by atoms with Crippen LogP contribution < -0.4 is 5.32 Å². The molecule has 0 aliphatic heterocycles. The van der Waals surface area contributed by atoms with Crippen LogP contribution in [0, 0.1) is 5.41 Å². The van der Waals surface area contributed by atoms with Crippen molar-refractivity contribution in [3.05, 3.63) is 12.2 Å². The molecular weight excluding hydrogens is 266 g/mol. The monoisotopic (exact) mass is 293 g/mol. The first kappa shape index (κ1) is 15.9. The number of nitrogens with zero attached hydrogens (tertiary/aromatic N) is 4. The molecule has 0 aromatic carbocycles. The Labute approximate surface area is 126 Å². The summed E-state index contributed by atoms with van der Waals surface area (Å²) in [6.45, 7) is 2.78. The molecule has 2 rings (SSSR count). The van der Waals surface area contributed by atoms with Gasteiger partial charge in [0.1, 0.15) is 6.33 Å². The van der Waals surface area contributed by atoms with E-state index in [9.17, 15) is 4.79 Å². The highest BCUT2D eigenvalue weighted by atomic mass is 16.2. The van der Waals surface area contributed by atoms with Gasteiger partial charge in [-0.1, -0.05) is 19.3 Å². The Hall–Kier alpha value is -1.43. The molecule has 1 unspecified atom stereocenters. The van der Waals surface area contributed by atoms with Gasteiger partial charge in [0, 0.05) is 13.6 Å². The third kappa shape index (κ3) is 3.61. The smallest absolute Gasteiger partial charge is 0.228 e. The van der Waals surface area contributed by atoms with Gasteiger partial charge in [-0.25, -0.2) is 0 Å². The van der Waals surface area contributed by atoms with Crippen molar-refractivity contribution in [3.63, 3.8) is 0 Å². The quantitative estimate of drug-likeness (QED) is 0.894. The Kier molecular flexibility index (Phi) is 4.98. The normalized spacial score (nSPS) is 19.5. The summed E-state index contributed by atoms with van der Waals surface area (Å²) < 4.78 is 1.85. The molecule has 1 saturated carbocycles. The fourth-order valence-electron chi connectivity index (χ4n) is 3.39. The molecule has 1 aliphatic carbocycles. The average molecular weight is 293 g/mol. The number of rotatable bonds is 5. The Morgan fingerprint density at radius 1 is 1.43 bits per heavy atom. The van der Waals surface area contributed by atoms with Crippen molar-refractivity contribution in [2.45, 2.75) is 45.1 Å². The lowest BCUT2D eigenvalue weighted by atomic mass is 9.73. The van der Waals surface area contributed by atoms with Gasteiger partial charge in [-0.15, -0.1) is 10.2 Å². The van der Waals surface area contributed by atoms with Crippen LogP contribution in [0.1, 0.15) is 50.9 Å². The lowest BCUT2D eigenvalue weighted by Gasteiger charge is -2.38. The molecule has 0 saturated heterocycles. The number of aromatic nitrogens is 3.